The van der Waals surface area contributed by atoms with E-state index in [2.05, 4.69) is 86.4 Å². The lowest BCUT2D eigenvalue weighted by Gasteiger charge is -2.16. The van der Waals surface area contributed by atoms with Crippen LogP contribution < -0.4 is 5.32 Å². The Hall–Kier alpha value is -3.53. The molecule has 0 aromatic carbocycles. The molecule has 0 bridgehead atoms. The zero-order valence-electron chi connectivity index (χ0n) is 24.1. The Bertz CT molecular complexity index is 981. The number of ether oxygens (including phenoxy) is 1. The lowest BCUT2D eigenvalue weighted by molar-refractivity contribution is 0.304. The fourth-order valence-corrected chi connectivity index (χ4v) is 3.04. The highest BCUT2D eigenvalue weighted by atomic mass is 16.5. The van der Waals surface area contributed by atoms with Gasteiger partial charge in [-0.25, -0.2) is 4.98 Å². The fourth-order valence-electron chi connectivity index (χ4n) is 3.04. The summed E-state index contributed by atoms with van der Waals surface area (Å²) in [6.07, 6.45) is 16.1. The molecular weight excluding hydrogens is 442 g/mol. The van der Waals surface area contributed by atoms with Crippen molar-refractivity contribution < 1.29 is 4.74 Å². The molecule has 1 aliphatic carbocycles. The van der Waals surface area contributed by atoms with Gasteiger partial charge in [0.05, 0.1) is 12.8 Å². The molecule has 0 fully saturated rings. The van der Waals surface area contributed by atoms with Gasteiger partial charge in [0.25, 0.3) is 0 Å². The first-order valence-corrected chi connectivity index (χ1v) is 12.3. The first-order chi connectivity index (χ1) is 17.0. The van der Waals surface area contributed by atoms with Crippen molar-refractivity contribution >= 4 is 5.70 Å². The van der Waals surface area contributed by atoms with Crippen molar-refractivity contribution in [2.45, 2.75) is 67.3 Å². The van der Waals surface area contributed by atoms with Crippen LogP contribution in [0.5, 0.6) is 0 Å². The second-order valence-corrected chi connectivity index (χ2v) is 8.19. The van der Waals surface area contributed by atoms with E-state index >= 15 is 0 Å². The Labute approximate surface area is 221 Å². The number of hydrogen-bond acceptors (Lipinski definition) is 3. The third-order valence-electron chi connectivity index (χ3n) is 4.54. The van der Waals surface area contributed by atoms with Crippen molar-refractivity contribution in [3.8, 4) is 0 Å². The van der Waals surface area contributed by atoms with Crippen molar-refractivity contribution in [3.05, 3.63) is 122 Å². The van der Waals surface area contributed by atoms with Crippen molar-refractivity contribution in [3.63, 3.8) is 0 Å². The molecule has 36 heavy (non-hydrogen) atoms. The summed E-state index contributed by atoms with van der Waals surface area (Å²) < 4.78 is 7.09. The van der Waals surface area contributed by atoms with Crippen LogP contribution in [0.25, 0.3) is 5.70 Å². The Balaban J connectivity index is 0. The summed E-state index contributed by atoms with van der Waals surface area (Å²) in [6, 6.07) is 0.337. The topological polar surface area (TPSA) is 39.1 Å². The molecule has 0 unspecified atom stereocenters. The zero-order chi connectivity index (χ0) is 28.3. The van der Waals surface area contributed by atoms with Crippen molar-refractivity contribution in [1.82, 2.24) is 14.9 Å². The van der Waals surface area contributed by atoms with Crippen LogP contribution in [-0.4, -0.2) is 22.7 Å². The maximum atomic E-state index is 5.00. The number of imidazole rings is 1. The third kappa shape index (κ3) is 14.0. The van der Waals surface area contributed by atoms with E-state index in [1.807, 2.05) is 59.0 Å². The average molecular weight is 492 g/mol. The molecule has 0 amide bonds. The van der Waals surface area contributed by atoms with Gasteiger partial charge >= 0.3 is 0 Å². The largest absolute Gasteiger partial charge is 0.497 e. The molecule has 0 aliphatic heterocycles. The fraction of sp³-hybridized carbons (Fsp3) is 0.344. The quantitative estimate of drug-likeness (QED) is 0.213. The normalized spacial score (nSPS) is 11.8. The minimum Gasteiger partial charge on any atom is -0.497 e. The van der Waals surface area contributed by atoms with Crippen LogP contribution in [0.1, 0.15) is 59.0 Å². The van der Waals surface area contributed by atoms with E-state index in [1.165, 1.54) is 0 Å². The van der Waals surface area contributed by atoms with Crippen LogP contribution in [0.15, 0.2) is 110 Å². The first kappa shape index (κ1) is 34.6. The van der Waals surface area contributed by atoms with Gasteiger partial charge in [-0.2, -0.15) is 0 Å². The molecule has 0 radical (unpaired) electrons. The van der Waals surface area contributed by atoms with E-state index in [0.29, 0.717) is 11.8 Å². The van der Waals surface area contributed by atoms with E-state index in [-0.39, 0.29) is 0 Å². The monoisotopic (exact) mass is 491 g/mol. The summed E-state index contributed by atoms with van der Waals surface area (Å²) in [6.45, 7) is 36.1. The van der Waals surface area contributed by atoms with E-state index in [9.17, 15) is 0 Å². The van der Waals surface area contributed by atoms with Gasteiger partial charge in [0.2, 0.25) is 0 Å². The molecule has 1 aromatic rings. The summed E-state index contributed by atoms with van der Waals surface area (Å²) >= 11 is 0. The molecule has 198 valence electrons. The average Bonchev–Trinajstić information content (AvgIpc) is 3.02. The second kappa shape index (κ2) is 19.7. The number of aromatic nitrogens is 2. The summed E-state index contributed by atoms with van der Waals surface area (Å²) in [5, 5.41) is 3.29. The smallest absolute Gasteiger partial charge is 0.118 e. The third-order valence-corrected chi connectivity index (χ3v) is 4.54. The Morgan fingerprint density at radius 3 is 2.22 bits per heavy atom. The van der Waals surface area contributed by atoms with Gasteiger partial charge in [-0.15, -0.1) is 13.2 Å². The minimum absolute atomic E-state index is 0.337. The molecule has 2 rings (SSSR count). The van der Waals surface area contributed by atoms with Crippen LogP contribution in [0, 0.1) is 13.8 Å². The molecule has 1 heterocycles. The molecule has 1 N–H and O–H groups in total. The Kier molecular flexibility index (Phi) is 19.0. The predicted octanol–water partition coefficient (Wildman–Crippen LogP) is 8.79. The number of rotatable bonds is 9. The molecule has 1 aliphatic rings. The Morgan fingerprint density at radius 1 is 1.14 bits per heavy atom. The maximum absolute atomic E-state index is 5.00. The summed E-state index contributed by atoms with van der Waals surface area (Å²) in [5.41, 5.74) is 5.98. The Morgan fingerprint density at radius 2 is 1.75 bits per heavy atom. The molecule has 0 saturated heterocycles. The zero-order valence-corrected chi connectivity index (χ0v) is 24.1. The van der Waals surface area contributed by atoms with Crippen molar-refractivity contribution in [2.75, 3.05) is 7.11 Å². The predicted molar refractivity (Wildman–Crippen MR) is 162 cm³/mol. The van der Waals surface area contributed by atoms with E-state index in [0.717, 1.165) is 52.5 Å². The summed E-state index contributed by atoms with van der Waals surface area (Å²) in [5.74, 6) is 1.68. The molecule has 0 spiro atoms. The molecular formula is C32H49N3O. The number of nitrogens with zero attached hydrogens (tertiary/aromatic N) is 2. The molecule has 1 aromatic heterocycles. The van der Waals surface area contributed by atoms with Crippen LogP contribution in [-0.2, 0) is 4.74 Å². The van der Waals surface area contributed by atoms with Gasteiger partial charge < -0.3 is 14.6 Å². The first-order valence-electron chi connectivity index (χ1n) is 12.3. The molecule has 0 saturated carbocycles. The van der Waals surface area contributed by atoms with Gasteiger partial charge in [0.15, 0.2) is 0 Å². The highest BCUT2D eigenvalue weighted by Gasteiger charge is 2.09. The van der Waals surface area contributed by atoms with Crippen molar-refractivity contribution in [1.29, 1.82) is 0 Å². The number of aryl methyl sites for hydroxylation is 2. The summed E-state index contributed by atoms with van der Waals surface area (Å²) in [7, 11) is 1.63. The lowest BCUT2D eigenvalue weighted by atomic mass is 10.1. The van der Waals surface area contributed by atoms with Gasteiger partial charge in [0.1, 0.15) is 11.6 Å². The SMILES string of the molecule is C=C.C=C(C)C/C(=C/C(=C)C(=C)NC(C)C)n1cc(C)nc1C.C=C(OC)C1=CC=CCC=C1.CC. The van der Waals surface area contributed by atoms with Crippen LogP contribution in [0.2, 0.25) is 0 Å². The lowest BCUT2D eigenvalue weighted by Crippen LogP contribution is -2.21. The van der Waals surface area contributed by atoms with E-state index in [4.69, 9.17) is 4.74 Å². The van der Waals surface area contributed by atoms with Gasteiger partial charge in [-0.3, -0.25) is 0 Å². The minimum atomic E-state index is 0.337. The maximum Gasteiger partial charge on any atom is 0.118 e. The number of nitrogens with one attached hydrogen (secondary N) is 1. The number of methoxy groups -OCH3 is 1. The highest BCUT2D eigenvalue weighted by molar-refractivity contribution is 5.57. The van der Waals surface area contributed by atoms with Gasteiger partial charge in [0, 0.05) is 35.6 Å². The second-order valence-electron chi connectivity index (χ2n) is 8.19. The number of allylic oxidation sites excluding steroid dienone is 8. The van der Waals surface area contributed by atoms with Crippen LogP contribution in [0.4, 0.5) is 0 Å². The molecule has 4 nitrogen and oxygen atoms in total. The molecule has 0 atom stereocenters. The van der Waals surface area contributed by atoms with Gasteiger partial charge in [-0.1, -0.05) is 76.1 Å². The van der Waals surface area contributed by atoms with Crippen molar-refractivity contribution in [2.24, 2.45) is 0 Å². The van der Waals surface area contributed by atoms with Crippen LogP contribution in [0.3, 0.4) is 0 Å². The highest BCUT2D eigenvalue weighted by Crippen LogP contribution is 2.21. The van der Waals surface area contributed by atoms with Gasteiger partial charge in [-0.05, 0) is 52.7 Å². The van der Waals surface area contributed by atoms with Crippen LogP contribution >= 0.6 is 0 Å². The van der Waals surface area contributed by atoms with E-state index in [1.54, 1.807) is 7.11 Å². The number of hydrogen-bond donors (Lipinski definition) is 1. The molecule has 4 heteroatoms. The standard InChI is InChI=1S/C18H27N3.C10H12O.C2H6.C2H4/c1-12(2)9-18(21-11-15(6)20-17(21)8)10-14(5)16(7)19-13(3)4;1-9(11-2)10-7-5-3-4-6-8-10;2*1-2/h10-11,13,19H,1,5,7,9H2,2-4,6,8H3;3,5-8H,1,4H2,2H3;1-2H3;1-2H2/b18-10-;;;. The van der Waals surface area contributed by atoms with E-state index < -0.39 is 0 Å². The summed E-state index contributed by atoms with van der Waals surface area (Å²) in [4.78, 5) is 4.46.